The predicted octanol–water partition coefficient (Wildman–Crippen LogP) is 12.2. The molecule has 0 spiro atoms. The van der Waals surface area contributed by atoms with E-state index in [1.165, 1.54) is 50.1 Å². The van der Waals surface area contributed by atoms with E-state index in [0.717, 1.165) is 28.2 Å². The van der Waals surface area contributed by atoms with E-state index in [4.69, 9.17) is 4.74 Å². The molecule has 0 aromatic heterocycles. The van der Waals surface area contributed by atoms with Crippen LogP contribution < -0.4 is 4.74 Å². The molecule has 8 aromatic rings. The molecule has 2 aliphatic rings. The van der Waals surface area contributed by atoms with Gasteiger partial charge in [0.2, 0.25) is 0 Å². The first-order valence-electron chi connectivity index (χ1n) is 17.7. The average molecular weight is 651 g/mol. The molecule has 10 rings (SSSR count). The Bertz CT molecular complexity index is 2450. The highest BCUT2D eigenvalue weighted by atomic mass is 16.5. The van der Waals surface area contributed by atoms with Crippen molar-refractivity contribution in [2.75, 3.05) is 0 Å². The summed E-state index contributed by atoms with van der Waals surface area (Å²) in [6.07, 6.45) is 0. The van der Waals surface area contributed by atoms with E-state index in [9.17, 15) is 0 Å². The van der Waals surface area contributed by atoms with Crippen LogP contribution in [0.25, 0.3) is 22.3 Å². The molecule has 0 atom stereocenters. The van der Waals surface area contributed by atoms with Gasteiger partial charge in [0.25, 0.3) is 0 Å². The zero-order valence-corrected chi connectivity index (χ0v) is 28.0. The summed E-state index contributed by atoms with van der Waals surface area (Å²) < 4.78 is 6.68. The maximum Gasteiger partial charge on any atom is 0.132 e. The minimum absolute atomic E-state index is 0.420. The van der Waals surface area contributed by atoms with Gasteiger partial charge in [-0.1, -0.05) is 188 Å². The van der Waals surface area contributed by atoms with Crippen molar-refractivity contribution >= 4 is 0 Å². The molecule has 0 saturated heterocycles. The number of ether oxygens (including phenoxy) is 1. The van der Waals surface area contributed by atoms with E-state index in [-0.39, 0.29) is 0 Å². The van der Waals surface area contributed by atoms with Crippen LogP contribution in [-0.4, -0.2) is 0 Å². The molecular weight excluding hydrogens is 617 g/mol. The lowest BCUT2D eigenvalue weighted by atomic mass is 9.63. The van der Waals surface area contributed by atoms with Gasteiger partial charge in [0, 0.05) is 11.1 Å². The summed E-state index contributed by atoms with van der Waals surface area (Å²) >= 11 is 0. The first-order chi connectivity index (χ1) is 25.3. The first-order valence-corrected chi connectivity index (χ1v) is 17.7. The first kappa shape index (κ1) is 29.5. The van der Waals surface area contributed by atoms with Crippen LogP contribution in [0.3, 0.4) is 0 Å². The van der Waals surface area contributed by atoms with Gasteiger partial charge in [-0.25, -0.2) is 0 Å². The summed E-state index contributed by atoms with van der Waals surface area (Å²) in [4.78, 5) is 0. The quantitative estimate of drug-likeness (QED) is 0.180. The summed E-state index contributed by atoms with van der Waals surface area (Å²) in [6, 6.07) is 75.1. The van der Waals surface area contributed by atoms with E-state index >= 15 is 0 Å². The van der Waals surface area contributed by atoms with Crippen LogP contribution in [0.1, 0.15) is 44.5 Å². The molecule has 0 bridgehead atoms. The third-order valence-corrected chi connectivity index (χ3v) is 11.1. The average Bonchev–Trinajstić information content (AvgIpc) is 3.52. The summed E-state index contributed by atoms with van der Waals surface area (Å²) in [7, 11) is 0. The Morgan fingerprint density at radius 1 is 0.275 bits per heavy atom. The third kappa shape index (κ3) is 4.22. The van der Waals surface area contributed by atoms with E-state index in [2.05, 4.69) is 206 Å². The summed E-state index contributed by atoms with van der Waals surface area (Å²) in [6.45, 7) is 0. The van der Waals surface area contributed by atoms with Gasteiger partial charge in [-0.3, -0.25) is 0 Å². The van der Waals surface area contributed by atoms with Crippen molar-refractivity contribution in [1.29, 1.82) is 0 Å². The molecule has 240 valence electrons. The molecule has 1 aliphatic carbocycles. The third-order valence-electron chi connectivity index (χ3n) is 11.1. The smallest absolute Gasteiger partial charge is 0.132 e. The number of hydrogen-bond acceptors (Lipinski definition) is 1. The van der Waals surface area contributed by atoms with Gasteiger partial charge in [-0.2, -0.15) is 0 Å². The molecule has 0 radical (unpaired) electrons. The van der Waals surface area contributed by atoms with Crippen molar-refractivity contribution in [3.05, 3.63) is 251 Å². The summed E-state index contributed by atoms with van der Waals surface area (Å²) in [5.41, 5.74) is 13.8. The van der Waals surface area contributed by atoms with Crippen LogP contribution in [0, 0.1) is 0 Å². The van der Waals surface area contributed by atoms with Gasteiger partial charge in [0.1, 0.15) is 11.5 Å². The van der Waals surface area contributed by atoms with Crippen molar-refractivity contribution < 1.29 is 4.74 Å². The summed E-state index contributed by atoms with van der Waals surface area (Å²) in [5.74, 6) is 1.77. The molecule has 0 N–H and O–H groups in total. The molecule has 8 aromatic carbocycles. The van der Waals surface area contributed by atoms with Crippen molar-refractivity contribution in [2.24, 2.45) is 0 Å². The minimum Gasteiger partial charge on any atom is -0.457 e. The van der Waals surface area contributed by atoms with Gasteiger partial charge in [0.15, 0.2) is 0 Å². The Labute approximate surface area is 299 Å². The molecule has 0 saturated carbocycles. The zero-order valence-electron chi connectivity index (χ0n) is 28.0. The lowest BCUT2D eigenvalue weighted by Crippen LogP contribution is -2.34. The second-order valence-corrected chi connectivity index (χ2v) is 13.6. The lowest BCUT2D eigenvalue weighted by Gasteiger charge is -2.41. The highest BCUT2D eigenvalue weighted by Crippen LogP contribution is 2.57. The Morgan fingerprint density at radius 3 is 1.22 bits per heavy atom. The molecular formula is C50H34O. The van der Waals surface area contributed by atoms with Crippen molar-refractivity contribution in [3.63, 3.8) is 0 Å². The largest absolute Gasteiger partial charge is 0.457 e. The van der Waals surface area contributed by atoms with Crippen molar-refractivity contribution in [2.45, 2.75) is 10.8 Å². The van der Waals surface area contributed by atoms with Crippen LogP contribution in [0.15, 0.2) is 206 Å². The van der Waals surface area contributed by atoms with Gasteiger partial charge in [-0.15, -0.1) is 0 Å². The number of rotatable bonds is 5. The normalized spacial score (nSPS) is 14.4. The van der Waals surface area contributed by atoms with Crippen LogP contribution in [0.4, 0.5) is 0 Å². The Kier molecular flexibility index (Phi) is 6.69. The van der Waals surface area contributed by atoms with Crippen molar-refractivity contribution in [3.8, 4) is 33.8 Å². The van der Waals surface area contributed by atoms with E-state index in [1.54, 1.807) is 0 Å². The Hall–Kier alpha value is -6.44. The van der Waals surface area contributed by atoms with Gasteiger partial charge in [0.05, 0.1) is 10.8 Å². The number of hydrogen-bond donors (Lipinski definition) is 0. The maximum absolute atomic E-state index is 6.68. The van der Waals surface area contributed by atoms with Crippen LogP contribution >= 0.6 is 0 Å². The van der Waals surface area contributed by atoms with Crippen molar-refractivity contribution in [1.82, 2.24) is 0 Å². The zero-order chi connectivity index (χ0) is 33.8. The topological polar surface area (TPSA) is 9.23 Å². The van der Waals surface area contributed by atoms with Crippen LogP contribution in [0.2, 0.25) is 0 Å². The van der Waals surface area contributed by atoms with E-state index < -0.39 is 10.8 Å². The second-order valence-electron chi connectivity index (χ2n) is 13.6. The Morgan fingerprint density at radius 2 is 0.667 bits per heavy atom. The fourth-order valence-corrected chi connectivity index (χ4v) is 9.01. The standard InChI is InChI=1S/C50H34O/c1-4-16-37(17-5-1)49(43-24-12-10-22-41(43)42-23-11-13-25-44(42)49)40-31-28-35(29-32-40)36-30-33-48-46(34-36)50(38-18-6-2-7-19-38,39-20-8-3-9-21-39)45-26-14-15-27-47(45)51-48/h1-34H. The fraction of sp³-hybridized carbons (Fsp3) is 0.0400. The SMILES string of the molecule is c1ccc(C2(c3ccccc3)c3ccccc3Oc3ccc(-c4ccc(C5(c6ccccc6)c6ccccc6-c6ccccc65)cc4)cc32)cc1. The van der Waals surface area contributed by atoms with Crippen LogP contribution in [0.5, 0.6) is 11.5 Å². The highest BCUT2D eigenvalue weighted by Gasteiger charge is 2.47. The van der Waals surface area contributed by atoms with Gasteiger partial charge in [-0.05, 0) is 73.8 Å². The molecule has 1 heterocycles. The molecule has 0 unspecified atom stereocenters. The molecule has 1 aliphatic heterocycles. The van der Waals surface area contributed by atoms with E-state index in [0.29, 0.717) is 0 Å². The highest BCUT2D eigenvalue weighted by molar-refractivity contribution is 5.86. The molecule has 1 heteroatoms. The minimum atomic E-state index is -0.558. The molecule has 0 amide bonds. The monoisotopic (exact) mass is 650 g/mol. The second kappa shape index (κ2) is 11.6. The number of para-hydroxylation sites is 1. The number of fused-ring (bicyclic) bond motifs is 5. The summed E-state index contributed by atoms with van der Waals surface area (Å²) in [5, 5.41) is 0. The molecule has 0 fully saturated rings. The lowest BCUT2D eigenvalue weighted by molar-refractivity contribution is 0.434. The number of benzene rings is 8. The van der Waals surface area contributed by atoms with E-state index in [1.807, 2.05) is 0 Å². The Balaban J connectivity index is 1.17. The fourth-order valence-electron chi connectivity index (χ4n) is 9.01. The van der Waals surface area contributed by atoms with Crippen LogP contribution in [-0.2, 0) is 10.8 Å². The maximum atomic E-state index is 6.68. The van der Waals surface area contributed by atoms with Gasteiger partial charge >= 0.3 is 0 Å². The predicted molar refractivity (Wildman–Crippen MR) is 208 cm³/mol. The molecule has 1 nitrogen and oxygen atoms in total. The molecule has 51 heavy (non-hydrogen) atoms. The van der Waals surface area contributed by atoms with Gasteiger partial charge < -0.3 is 4.74 Å².